The molecule has 0 aromatic heterocycles. The Balaban J connectivity index is 1.63. The van der Waals surface area contributed by atoms with Crippen molar-refractivity contribution < 1.29 is 9.47 Å². The van der Waals surface area contributed by atoms with Gasteiger partial charge in [-0.25, -0.2) is 0 Å². The van der Waals surface area contributed by atoms with Gasteiger partial charge in [0.2, 0.25) is 0 Å². The lowest BCUT2D eigenvalue weighted by Crippen LogP contribution is -2.15. The molecule has 0 radical (unpaired) electrons. The van der Waals surface area contributed by atoms with Crippen LogP contribution in [0, 0.1) is 0 Å². The number of ether oxygens (including phenoxy) is 2. The van der Waals surface area contributed by atoms with Crippen molar-refractivity contribution in [2.75, 3.05) is 19.8 Å². The van der Waals surface area contributed by atoms with Gasteiger partial charge in [-0.3, -0.25) is 0 Å². The van der Waals surface area contributed by atoms with Crippen molar-refractivity contribution in [2.45, 2.75) is 39.0 Å². The maximum absolute atomic E-state index is 5.53. The van der Waals surface area contributed by atoms with Crippen molar-refractivity contribution in [1.29, 1.82) is 0 Å². The molecule has 0 amide bonds. The number of benzene rings is 1. The summed E-state index contributed by atoms with van der Waals surface area (Å²) in [6.45, 7) is 5.75. The molecule has 1 aromatic rings. The van der Waals surface area contributed by atoms with Crippen LogP contribution in [0.2, 0.25) is 0 Å². The highest BCUT2D eigenvalue weighted by Crippen LogP contribution is 2.19. The molecule has 18 heavy (non-hydrogen) atoms. The molecule has 1 N–H and O–H groups in total. The zero-order chi connectivity index (χ0) is 12.6. The van der Waals surface area contributed by atoms with Crippen molar-refractivity contribution in [3.8, 4) is 0 Å². The minimum absolute atomic E-state index is 0.666. The van der Waals surface area contributed by atoms with Crippen molar-refractivity contribution in [1.82, 2.24) is 5.32 Å². The smallest absolute Gasteiger partial charge is 0.0718 e. The van der Waals surface area contributed by atoms with E-state index in [0.717, 1.165) is 19.2 Å². The molecular weight excluding hydrogens is 226 g/mol. The Morgan fingerprint density at radius 1 is 1.06 bits per heavy atom. The van der Waals surface area contributed by atoms with Gasteiger partial charge in [-0.05, 0) is 30.9 Å². The van der Waals surface area contributed by atoms with Crippen LogP contribution in [0.25, 0.3) is 0 Å². The Morgan fingerprint density at radius 3 is 2.39 bits per heavy atom. The largest absolute Gasteiger partial charge is 0.379 e. The second-order valence-electron chi connectivity index (χ2n) is 4.72. The quantitative estimate of drug-likeness (QED) is 0.682. The van der Waals surface area contributed by atoms with E-state index in [1.165, 1.54) is 24.0 Å². The Labute approximate surface area is 109 Å². The molecule has 0 unspecified atom stereocenters. The molecule has 1 aromatic carbocycles. The van der Waals surface area contributed by atoms with Gasteiger partial charge >= 0.3 is 0 Å². The van der Waals surface area contributed by atoms with E-state index in [0.29, 0.717) is 19.8 Å². The van der Waals surface area contributed by atoms with Crippen LogP contribution in [0.1, 0.15) is 30.9 Å². The molecule has 2 rings (SSSR count). The molecule has 0 spiro atoms. The average Bonchev–Trinajstić information content (AvgIpc) is 3.22. The first-order valence-electron chi connectivity index (χ1n) is 6.85. The fraction of sp³-hybridized carbons (Fsp3) is 0.600. The maximum Gasteiger partial charge on any atom is 0.0718 e. The molecule has 0 aliphatic heterocycles. The monoisotopic (exact) mass is 249 g/mol. The van der Waals surface area contributed by atoms with E-state index >= 15 is 0 Å². The molecule has 100 valence electrons. The SMILES string of the molecule is CCOCCOCc1ccc(CNC2CC2)cc1. The molecule has 0 atom stereocenters. The second-order valence-corrected chi connectivity index (χ2v) is 4.72. The van der Waals surface area contributed by atoms with Gasteiger partial charge in [-0.15, -0.1) is 0 Å². The summed E-state index contributed by atoms with van der Waals surface area (Å²) in [5.74, 6) is 0. The molecule has 1 aliphatic rings. The molecule has 0 heterocycles. The normalized spacial score (nSPS) is 14.9. The fourth-order valence-corrected chi connectivity index (χ4v) is 1.76. The number of nitrogens with one attached hydrogen (secondary N) is 1. The number of rotatable bonds is 9. The predicted molar refractivity (Wildman–Crippen MR) is 72.5 cm³/mol. The van der Waals surface area contributed by atoms with Crippen molar-refractivity contribution in [3.63, 3.8) is 0 Å². The summed E-state index contributed by atoms with van der Waals surface area (Å²) in [5.41, 5.74) is 2.57. The van der Waals surface area contributed by atoms with E-state index in [2.05, 4.69) is 29.6 Å². The van der Waals surface area contributed by atoms with Crippen molar-refractivity contribution in [2.24, 2.45) is 0 Å². The van der Waals surface area contributed by atoms with Crippen LogP contribution in [0.4, 0.5) is 0 Å². The molecule has 0 bridgehead atoms. The zero-order valence-electron chi connectivity index (χ0n) is 11.2. The predicted octanol–water partition coefficient (Wildman–Crippen LogP) is 2.49. The molecule has 0 saturated heterocycles. The molecule has 1 fully saturated rings. The summed E-state index contributed by atoms with van der Waals surface area (Å²) in [5, 5.41) is 3.51. The minimum atomic E-state index is 0.666. The van der Waals surface area contributed by atoms with E-state index in [1.54, 1.807) is 0 Å². The van der Waals surface area contributed by atoms with E-state index in [4.69, 9.17) is 9.47 Å². The molecule has 3 nitrogen and oxygen atoms in total. The summed E-state index contributed by atoms with van der Waals surface area (Å²) in [7, 11) is 0. The molecule has 1 aliphatic carbocycles. The lowest BCUT2D eigenvalue weighted by molar-refractivity contribution is 0.0453. The summed E-state index contributed by atoms with van der Waals surface area (Å²) >= 11 is 0. The standard InChI is InChI=1S/C15H23NO2/c1-2-17-9-10-18-12-14-5-3-13(4-6-14)11-16-15-7-8-15/h3-6,15-16H,2,7-12H2,1H3. The third-order valence-electron chi connectivity index (χ3n) is 3.04. The topological polar surface area (TPSA) is 30.5 Å². The van der Waals surface area contributed by atoms with Gasteiger partial charge in [0.25, 0.3) is 0 Å². The van der Waals surface area contributed by atoms with Gasteiger partial charge in [0.05, 0.1) is 19.8 Å². The molecular formula is C15H23NO2. The van der Waals surface area contributed by atoms with Crippen LogP contribution in [-0.2, 0) is 22.6 Å². The van der Waals surface area contributed by atoms with Gasteiger partial charge in [0, 0.05) is 19.2 Å². The molecule has 3 heteroatoms. The van der Waals surface area contributed by atoms with Gasteiger partial charge in [-0.2, -0.15) is 0 Å². The van der Waals surface area contributed by atoms with Crippen LogP contribution in [-0.4, -0.2) is 25.9 Å². The first-order valence-corrected chi connectivity index (χ1v) is 6.85. The van der Waals surface area contributed by atoms with Gasteiger partial charge < -0.3 is 14.8 Å². The maximum atomic E-state index is 5.53. The Hall–Kier alpha value is -0.900. The summed E-state index contributed by atoms with van der Waals surface area (Å²) < 4.78 is 10.7. The fourth-order valence-electron chi connectivity index (χ4n) is 1.76. The highest BCUT2D eigenvalue weighted by Gasteiger charge is 2.19. The highest BCUT2D eigenvalue weighted by molar-refractivity contribution is 5.22. The first-order chi connectivity index (χ1) is 8.88. The highest BCUT2D eigenvalue weighted by atomic mass is 16.5. The Kier molecular flexibility index (Phi) is 5.65. The van der Waals surface area contributed by atoms with E-state index in [1.807, 2.05) is 6.92 Å². The lowest BCUT2D eigenvalue weighted by Gasteiger charge is -2.06. The van der Waals surface area contributed by atoms with Crippen molar-refractivity contribution in [3.05, 3.63) is 35.4 Å². The van der Waals surface area contributed by atoms with Crippen LogP contribution < -0.4 is 5.32 Å². The number of hydrogen-bond acceptors (Lipinski definition) is 3. The lowest BCUT2D eigenvalue weighted by atomic mass is 10.1. The van der Waals surface area contributed by atoms with Gasteiger partial charge in [0.1, 0.15) is 0 Å². The van der Waals surface area contributed by atoms with Crippen molar-refractivity contribution >= 4 is 0 Å². The second kappa shape index (κ2) is 7.52. The van der Waals surface area contributed by atoms with Crippen LogP contribution in [0.15, 0.2) is 24.3 Å². The van der Waals surface area contributed by atoms with Gasteiger partial charge in [0.15, 0.2) is 0 Å². The van der Waals surface area contributed by atoms with E-state index in [9.17, 15) is 0 Å². The van der Waals surface area contributed by atoms with Crippen LogP contribution in [0.3, 0.4) is 0 Å². The third kappa shape index (κ3) is 5.17. The number of hydrogen-bond donors (Lipinski definition) is 1. The summed E-state index contributed by atoms with van der Waals surface area (Å²) in [6.07, 6.45) is 2.68. The Bertz CT molecular complexity index is 333. The van der Waals surface area contributed by atoms with Crippen LogP contribution >= 0.6 is 0 Å². The van der Waals surface area contributed by atoms with E-state index in [-0.39, 0.29) is 0 Å². The van der Waals surface area contributed by atoms with E-state index < -0.39 is 0 Å². The average molecular weight is 249 g/mol. The Morgan fingerprint density at radius 2 is 1.72 bits per heavy atom. The zero-order valence-corrected chi connectivity index (χ0v) is 11.2. The third-order valence-corrected chi connectivity index (χ3v) is 3.04. The van der Waals surface area contributed by atoms with Gasteiger partial charge in [-0.1, -0.05) is 24.3 Å². The summed E-state index contributed by atoms with van der Waals surface area (Å²) in [6, 6.07) is 9.41. The summed E-state index contributed by atoms with van der Waals surface area (Å²) in [4.78, 5) is 0. The molecule has 1 saturated carbocycles. The van der Waals surface area contributed by atoms with Crippen LogP contribution in [0.5, 0.6) is 0 Å². The first kappa shape index (κ1) is 13.5. The minimum Gasteiger partial charge on any atom is -0.379 e.